The molecule has 1 aliphatic rings. The molecule has 1 aliphatic heterocycles. The van der Waals surface area contributed by atoms with Crippen LogP contribution in [0.3, 0.4) is 0 Å². The Morgan fingerprint density at radius 1 is 1.05 bits per heavy atom. The zero-order chi connectivity index (χ0) is 30.5. The van der Waals surface area contributed by atoms with Gasteiger partial charge in [-0.05, 0) is 86.7 Å². The number of nitrogens with one attached hydrogen (secondary N) is 2. The van der Waals surface area contributed by atoms with Crippen LogP contribution < -0.4 is 20.1 Å². The maximum absolute atomic E-state index is 14.0. The van der Waals surface area contributed by atoms with Gasteiger partial charge in [0.2, 0.25) is 11.1 Å². The highest BCUT2D eigenvalue weighted by Gasteiger charge is 2.35. The molecule has 5 rings (SSSR count). The van der Waals surface area contributed by atoms with E-state index in [1.807, 2.05) is 88.4 Å². The van der Waals surface area contributed by atoms with Crippen LogP contribution in [0.4, 0.5) is 11.6 Å². The van der Waals surface area contributed by atoms with Crippen LogP contribution in [0.15, 0.2) is 81.6 Å². The molecule has 1 aromatic heterocycles. The van der Waals surface area contributed by atoms with Crippen molar-refractivity contribution in [2.45, 2.75) is 58.8 Å². The molecular weight excluding hydrogens is 626 g/mol. The van der Waals surface area contributed by atoms with Gasteiger partial charge >= 0.3 is 0 Å². The van der Waals surface area contributed by atoms with E-state index in [9.17, 15) is 4.79 Å². The lowest BCUT2D eigenvalue weighted by Gasteiger charge is -2.29. The number of rotatable bonds is 11. The van der Waals surface area contributed by atoms with E-state index in [0.717, 1.165) is 44.6 Å². The number of thioether (sulfide) groups is 1. The van der Waals surface area contributed by atoms with Crippen LogP contribution in [0.25, 0.3) is 0 Å². The van der Waals surface area contributed by atoms with Gasteiger partial charge in [-0.1, -0.05) is 64.9 Å². The number of aromatic nitrogens is 3. The van der Waals surface area contributed by atoms with Gasteiger partial charge in [0.15, 0.2) is 11.5 Å². The molecule has 4 aromatic rings. The maximum Gasteiger partial charge on any atom is 0.255 e. The number of ether oxygens (including phenoxy) is 2. The standard InChI is InChI=1S/C33H36BrN5O3S/c1-6-17-43-33-37-32-35-22(5)29(31(40)36-26-10-8-9-20(3)21(26)4)30(39(32)38-33)24-13-16-27(28(18-24)41-7-2)42-19-23-11-14-25(34)15-12-23/h8-16,18,30H,6-7,17,19H2,1-5H3,(H,36,40)(H,35,37,38). The molecule has 1 amide bonds. The number of aryl methyl sites for hydroxylation is 1. The molecule has 0 saturated carbocycles. The molecule has 224 valence electrons. The first-order valence-electron chi connectivity index (χ1n) is 14.4. The number of hydrogen-bond acceptors (Lipinski definition) is 7. The lowest BCUT2D eigenvalue weighted by atomic mass is 9.94. The lowest BCUT2D eigenvalue weighted by molar-refractivity contribution is -0.113. The maximum atomic E-state index is 14.0. The third-order valence-electron chi connectivity index (χ3n) is 7.26. The summed E-state index contributed by atoms with van der Waals surface area (Å²) < 4.78 is 15.1. The summed E-state index contributed by atoms with van der Waals surface area (Å²) in [5.74, 6) is 2.52. The van der Waals surface area contributed by atoms with Gasteiger partial charge in [0.05, 0.1) is 12.2 Å². The summed E-state index contributed by atoms with van der Waals surface area (Å²) in [5, 5.41) is 12.0. The Morgan fingerprint density at radius 3 is 2.58 bits per heavy atom. The number of fused-ring (bicyclic) bond motifs is 1. The second-order valence-corrected chi connectivity index (χ2v) is 12.3. The molecule has 8 nitrogen and oxygen atoms in total. The minimum Gasteiger partial charge on any atom is -0.490 e. The normalized spacial score (nSPS) is 14.2. The number of allylic oxidation sites excluding steroid dienone is 1. The first-order valence-corrected chi connectivity index (χ1v) is 16.2. The van der Waals surface area contributed by atoms with Crippen LogP contribution in [0.1, 0.15) is 55.5 Å². The van der Waals surface area contributed by atoms with Crippen LogP contribution in [0.5, 0.6) is 11.5 Å². The van der Waals surface area contributed by atoms with Gasteiger partial charge in [-0.2, -0.15) is 4.98 Å². The van der Waals surface area contributed by atoms with Gasteiger partial charge in [-0.3, -0.25) is 4.79 Å². The van der Waals surface area contributed by atoms with Crippen molar-refractivity contribution in [3.63, 3.8) is 0 Å². The van der Waals surface area contributed by atoms with Crippen molar-refractivity contribution >= 4 is 45.2 Å². The van der Waals surface area contributed by atoms with Crippen LogP contribution in [0, 0.1) is 13.8 Å². The predicted molar refractivity (Wildman–Crippen MR) is 176 cm³/mol. The minimum atomic E-state index is -0.537. The van der Waals surface area contributed by atoms with Crippen molar-refractivity contribution in [3.05, 3.63) is 98.7 Å². The highest BCUT2D eigenvalue weighted by molar-refractivity contribution is 9.10. The molecule has 3 aromatic carbocycles. The zero-order valence-electron chi connectivity index (χ0n) is 25.0. The first kappa shape index (κ1) is 30.7. The second-order valence-electron chi connectivity index (χ2n) is 10.3. The molecule has 10 heteroatoms. The first-order chi connectivity index (χ1) is 20.8. The van der Waals surface area contributed by atoms with E-state index in [-0.39, 0.29) is 5.91 Å². The third kappa shape index (κ3) is 6.91. The Labute approximate surface area is 265 Å². The van der Waals surface area contributed by atoms with E-state index in [1.165, 1.54) is 0 Å². The molecule has 0 bridgehead atoms. The topological polar surface area (TPSA) is 90.3 Å². The monoisotopic (exact) mass is 661 g/mol. The fourth-order valence-electron chi connectivity index (χ4n) is 4.89. The van der Waals surface area contributed by atoms with Crippen molar-refractivity contribution < 1.29 is 14.3 Å². The van der Waals surface area contributed by atoms with E-state index in [1.54, 1.807) is 16.4 Å². The van der Waals surface area contributed by atoms with Crippen molar-refractivity contribution in [3.8, 4) is 11.5 Å². The Hall–Kier alpha value is -3.76. The third-order valence-corrected chi connectivity index (χ3v) is 8.83. The highest BCUT2D eigenvalue weighted by Crippen LogP contribution is 2.40. The van der Waals surface area contributed by atoms with Crippen molar-refractivity contribution in [1.82, 2.24) is 14.8 Å². The molecule has 2 heterocycles. The SMILES string of the molecule is CCCSc1nc2n(n1)C(c1ccc(OCc3ccc(Br)cc3)c(OCC)c1)C(C(=O)Nc1cccc(C)c1C)=C(C)N2. The molecular formula is C33H36BrN5O3S. The van der Waals surface area contributed by atoms with Gasteiger partial charge in [0.1, 0.15) is 12.6 Å². The van der Waals surface area contributed by atoms with Crippen LogP contribution in [0.2, 0.25) is 0 Å². The fourth-order valence-corrected chi connectivity index (χ4v) is 5.84. The summed E-state index contributed by atoms with van der Waals surface area (Å²) in [6, 6.07) is 19.2. The molecule has 0 saturated heterocycles. The van der Waals surface area contributed by atoms with Crippen LogP contribution in [-0.4, -0.2) is 33.0 Å². The molecule has 0 spiro atoms. The molecule has 2 N–H and O–H groups in total. The Bertz CT molecular complexity index is 1650. The number of halogens is 1. The summed E-state index contributed by atoms with van der Waals surface area (Å²) >= 11 is 5.08. The number of benzene rings is 3. The van der Waals surface area contributed by atoms with Gasteiger partial charge in [0.25, 0.3) is 5.91 Å². The molecule has 1 unspecified atom stereocenters. The largest absolute Gasteiger partial charge is 0.490 e. The summed E-state index contributed by atoms with van der Waals surface area (Å²) in [5.41, 5.74) is 6.06. The van der Waals surface area contributed by atoms with Crippen molar-refractivity contribution in [2.75, 3.05) is 23.0 Å². The second kappa shape index (κ2) is 13.7. The van der Waals surface area contributed by atoms with Crippen LogP contribution in [-0.2, 0) is 11.4 Å². The number of hydrogen-bond donors (Lipinski definition) is 2. The molecule has 0 radical (unpaired) electrons. The van der Waals surface area contributed by atoms with E-state index >= 15 is 0 Å². The molecule has 1 atom stereocenters. The number of carbonyl (C=O) groups excluding carboxylic acids is 1. The summed E-state index contributed by atoms with van der Waals surface area (Å²) in [6.45, 7) is 10.9. The van der Waals surface area contributed by atoms with Crippen molar-refractivity contribution in [1.29, 1.82) is 0 Å². The van der Waals surface area contributed by atoms with Gasteiger partial charge < -0.3 is 20.1 Å². The molecule has 0 fully saturated rings. The van der Waals surface area contributed by atoms with Gasteiger partial charge in [-0.15, -0.1) is 5.10 Å². The van der Waals surface area contributed by atoms with Gasteiger partial charge in [-0.25, -0.2) is 4.68 Å². The number of amides is 1. The van der Waals surface area contributed by atoms with E-state index in [0.29, 0.717) is 47.1 Å². The average Bonchev–Trinajstić information content (AvgIpc) is 3.40. The van der Waals surface area contributed by atoms with Crippen molar-refractivity contribution in [2.24, 2.45) is 0 Å². The van der Waals surface area contributed by atoms with E-state index < -0.39 is 6.04 Å². The molecule has 0 aliphatic carbocycles. The predicted octanol–water partition coefficient (Wildman–Crippen LogP) is 8.06. The molecule has 43 heavy (non-hydrogen) atoms. The minimum absolute atomic E-state index is 0.207. The van der Waals surface area contributed by atoms with E-state index in [2.05, 4.69) is 33.5 Å². The Balaban J connectivity index is 1.53. The zero-order valence-corrected chi connectivity index (χ0v) is 27.4. The smallest absolute Gasteiger partial charge is 0.255 e. The number of anilines is 2. The van der Waals surface area contributed by atoms with Crippen LogP contribution >= 0.6 is 27.7 Å². The Morgan fingerprint density at radius 2 is 1.84 bits per heavy atom. The summed E-state index contributed by atoms with van der Waals surface area (Å²) in [4.78, 5) is 18.8. The average molecular weight is 663 g/mol. The van der Waals surface area contributed by atoms with E-state index in [4.69, 9.17) is 19.6 Å². The number of nitrogens with zero attached hydrogens (tertiary/aromatic N) is 3. The quantitative estimate of drug-likeness (QED) is 0.157. The summed E-state index contributed by atoms with van der Waals surface area (Å²) in [6.07, 6.45) is 1.01. The fraction of sp³-hybridized carbons (Fsp3) is 0.303. The number of carbonyl (C=O) groups is 1. The van der Waals surface area contributed by atoms with Gasteiger partial charge in [0, 0.05) is 21.6 Å². The summed E-state index contributed by atoms with van der Waals surface area (Å²) in [7, 11) is 0. The highest BCUT2D eigenvalue weighted by atomic mass is 79.9. The lowest BCUT2D eigenvalue weighted by Crippen LogP contribution is -2.31. The Kier molecular flexibility index (Phi) is 9.77.